The summed E-state index contributed by atoms with van der Waals surface area (Å²) in [6, 6.07) is 0. The van der Waals surface area contributed by atoms with Crippen LogP contribution in [0.25, 0.3) is 0 Å². The monoisotopic (exact) mass is 95.1 g/mol. The number of allylic oxidation sites excluding steroid dienone is 1. The predicted octanol–water partition coefficient (Wildman–Crippen LogP) is 2.17. The average Bonchev–Trinajstić information content (AvgIpc) is 2.17. The highest BCUT2D eigenvalue weighted by molar-refractivity contribution is 4.91. The van der Waals surface area contributed by atoms with Crippen LogP contribution in [0, 0.1) is 12.5 Å². The second-order valence-corrected chi connectivity index (χ2v) is 2.49. The highest BCUT2D eigenvalue weighted by Gasteiger charge is 2.20. The normalized spacial score (nSPS) is 19.6. The van der Waals surface area contributed by atoms with Gasteiger partial charge in [0, 0.05) is 0 Å². The average molecular weight is 95.2 g/mol. The first kappa shape index (κ1) is 4.89. The topological polar surface area (TPSA) is 0 Å². The van der Waals surface area contributed by atoms with Gasteiger partial charge in [0.2, 0.25) is 0 Å². The summed E-state index contributed by atoms with van der Waals surface area (Å²) in [7, 11) is 0. The third kappa shape index (κ3) is 1.77. The fourth-order valence-electron chi connectivity index (χ4n) is 0.777. The van der Waals surface area contributed by atoms with Crippen molar-refractivity contribution in [2.45, 2.75) is 26.2 Å². The van der Waals surface area contributed by atoms with E-state index >= 15 is 0 Å². The molecule has 0 aromatic heterocycles. The maximum absolute atomic E-state index is 5.45. The van der Waals surface area contributed by atoms with Gasteiger partial charge in [0.25, 0.3) is 0 Å². The molecule has 39 valence electrons. The van der Waals surface area contributed by atoms with E-state index in [9.17, 15) is 0 Å². The predicted molar refractivity (Wildman–Crippen MR) is 30.8 cm³/mol. The summed E-state index contributed by atoms with van der Waals surface area (Å²) in [5, 5.41) is 0. The molecule has 1 aliphatic carbocycles. The van der Waals surface area contributed by atoms with Gasteiger partial charge in [-0.3, -0.25) is 0 Å². The zero-order chi connectivity index (χ0) is 5.28. The molecule has 1 fully saturated rings. The number of hydrogen-bond acceptors (Lipinski definition) is 0. The minimum Gasteiger partial charge on any atom is -0.0731 e. The smallest absolute Gasteiger partial charge is 0.0291 e. The van der Waals surface area contributed by atoms with E-state index in [4.69, 9.17) is 6.58 Å². The van der Waals surface area contributed by atoms with Crippen molar-refractivity contribution in [3.63, 3.8) is 0 Å². The van der Waals surface area contributed by atoms with Crippen LogP contribution in [0.2, 0.25) is 0 Å². The fraction of sp³-hybridized carbons (Fsp3) is 0.714. The molecule has 0 N–H and O–H groups in total. The minimum absolute atomic E-state index is 0.963. The van der Waals surface area contributed by atoms with E-state index in [0.717, 1.165) is 11.5 Å². The molecule has 0 aromatic carbocycles. The molecule has 0 bridgehead atoms. The molecule has 0 atom stereocenters. The highest BCUT2D eigenvalue weighted by atomic mass is 14.3. The van der Waals surface area contributed by atoms with Crippen molar-refractivity contribution in [2.24, 2.45) is 5.92 Å². The van der Waals surface area contributed by atoms with E-state index in [2.05, 4.69) is 0 Å². The lowest BCUT2D eigenvalue weighted by Gasteiger charge is -1.89. The van der Waals surface area contributed by atoms with Crippen LogP contribution in [0.3, 0.4) is 0 Å². The lowest BCUT2D eigenvalue weighted by Crippen LogP contribution is -1.74. The number of hydrogen-bond donors (Lipinski definition) is 0. The molecule has 0 spiro atoms. The van der Waals surface area contributed by atoms with Gasteiger partial charge in [-0.1, -0.05) is 12.2 Å². The molecule has 1 rings (SSSR count). The summed E-state index contributed by atoms with van der Waals surface area (Å²) in [6.45, 7) is 7.45. The van der Waals surface area contributed by atoms with Crippen LogP contribution >= 0.6 is 0 Å². The molecule has 0 unspecified atom stereocenters. The van der Waals surface area contributed by atoms with Gasteiger partial charge >= 0.3 is 0 Å². The second kappa shape index (κ2) is 1.69. The first-order chi connectivity index (χ1) is 3.29. The largest absolute Gasteiger partial charge is 0.0731 e. The van der Waals surface area contributed by atoms with Crippen LogP contribution in [0.15, 0.2) is 5.57 Å². The summed E-state index contributed by atoms with van der Waals surface area (Å²) in [4.78, 5) is 0. The summed E-state index contributed by atoms with van der Waals surface area (Å²) in [5.41, 5.74) is 1.10. The maximum atomic E-state index is 5.45. The summed E-state index contributed by atoms with van der Waals surface area (Å²) < 4.78 is 0. The van der Waals surface area contributed by atoms with Gasteiger partial charge in [-0.2, -0.15) is 0 Å². The molecule has 0 heteroatoms. The van der Waals surface area contributed by atoms with Crippen molar-refractivity contribution in [1.82, 2.24) is 0 Å². The van der Waals surface area contributed by atoms with Crippen LogP contribution in [0.4, 0.5) is 0 Å². The molecule has 0 amide bonds. The lowest BCUT2D eigenvalue weighted by atomic mass is 10.2. The zero-order valence-electron chi connectivity index (χ0n) is 4.78. The van der Waals surface area contributed by atoms with Gasteiger partial charge in [0.1, 0.15) is 0 Å². The standard InChI is InChI=1S/C7H11/c1-6(2)5-7-3-4-7/h1,7H,3-5H2,2H3. The van der Waals surface area contributed by atoms with E-state index < -0.39 is 0 Å². The second-order valence-electron chi connectivity index (χ2n) is 2.49. The van der Waals surface area contributed by atoms with E-state index in [1.54, 1.807) is 0 Å². The van der Waals surface area contributed by atoms with Crippen molar-refractivity contribution in [3.8, 4) is 0 Å². The van der Waals surface area contributed by atoms with Gasteiger partial charge < -0.3 is 0 Å². The van der Waals surface area contributed by atoms with E-state index in [1.807, 2.05) is 6.92 Å². The summed E-state index contributed by atoms with van der Waals surface area (Å²) in [6.07, 6.45) is 3.99. The molecule has 0 aliphatic heterocycles. The molecule has 0 nitrogen and oxygen atoms in total. The van der Waals surface area contributed by atoms with Crippen LogP contribution in [-0.2, 0) is 0 Å². The Hall–Kier alpha value is -0.260. The highest BCUT2D eigenvalue weighted by Crippen LogP contribution is 2.34. The zero-order valence-corrected chi connectivity index (χ0v) is 4.78. The maximum Gasteiger partial charge on any atom is -0.0291 e. The Morgan fingerprint density at radius 3 is 2.43 bits per heavy atom. The Labute approximate surface area is 45.2 Å². The molecular weight excluding hydrogens is 84.1 g/mol. The van der Waals surface area contributed by atoms with Crippen LogP contribution in [-0.4, -0.2) is 0 Å². The number of rotatable bonds is 2. The van der Waals surface area contributed by atoms with Crippen molar-refractivity contribution in [1.29, 1.82) is 0 Å². The molecule has 0 aromatic rings. The Balaban J connectivity index is 2.08. The van der Waals surface area contributed by atoms with E-state index in [1.165, 1.54) is 19.3 Å². The van der Waals surface area contributed by atoms with Crippen LogP contribution < -0.4 is 0 Å². The molecule has 0 heterocycles. The molecule has 1 saturated carbocycles. The van der Waals surface area contributed by atoms with Crippen LogP contribution in [0.1, 0.15) is 26.2 Å². The SMILES string of the molecule is [CH]=C(C)CC1CC1. The molecule has 1 radical (unpaired) electrons. The molecule has 0 saturated heterocycles. The van der Waals surface area contributed by atoms with Crippen LogP contribution in [0.5, 0.6) is 0 Å². The quantitative estimate of drug-likeness (QED) is 0.493. The van der Waals surface area contributed by atoms with Crippen molar-refractivity contribution >= 4 is 0 Å². The van der Waals surface area contributed by atoms with Gasteiger partial charge in [0.15, 0.2) is 0 Å². The lowest BCUT2D eigenvalue weighted by molar-refractivity contribution is 0.822. The first-order valence-electron chi connectivity index (χ1n) is 2.87. The Bertz CT molecular complexity index is 78.0. The Morgan fingerprint density at radius 2 is 2.29 bits per heavy atom. The third-order valence-electron chi connectivity index (χ3n) is 1.31. The molecule has 1 aliphatic rings. The van der Waals surface area contributed by atoms with Gasteiger partial charge in [-0.25, -0.2) is 0 Å². The Morgan fingerprint density at radius 1 is 1.71 bits per heavy atom. The fourth-order valence-corrected chi connectivity index (χ4v) is 0.777. The minimum atomic E-state index is 0.963. The van der Waals surface area contributed by atoms with Crippen molar-refractivity contribution in [3.05, 3.63) is 12.2 Å². The van der Waals surface area contributed by atoms with Gasteiger partial charge in [-0.15, -0.1) is 0 Å². The van der Waals surface area contributed by atoms with E-state index in [-0.39, 0.29) is 0 Å². The van der Waals surface area contributed by atoms with E-state index in [0.29, 0.717) is 0 Å². The molecular formula is C7H11. The van der Waals surface area contributed by atoms with Gasteiger partial charge in [-0.05, 0) is 32.1 Å². The van der Waals surface area contributed by atoms with Crippen molar-refractivity contribution < 1.29 is 0 Å². The Kier molecular flexibility index (Phi) is 1.18. The molecule has 7 heavy (non-hydrogen) atoms. The third-order valence-corrected chi connectivity index (χ3v) is 1.31. The summed E-state index contributed by atoms with van der Waals surface area (Å²) >= 11 is 0. The van der Waals surface area contributed by atoms with Crippen molar-refractivity contribution in [2.75, 3.05) is 0 Å². The first-order valence-corrected chi connectivity index (χ1v) is 2.87. The summed E-state index contributed by atoms with van der Waals surface area (Å²) in [5.74, 6) is 0.963. The van der Waals surface area contributed by atoms with Gasteiger partial charge in [0.05, 0.1) is 0 Å².